The molecule has 160 valence electrons. The predicted molar refractivity (Wildman–Crippen MR) is 114 cm³/mol. The number of fused-ring (bicyclic) bond motifs is 5. The Hall–Kier alpha value is -1.62. The molecule has 4 aliphatic rings. The van der Waals surface area contributed by atoms with Crippen LogP contribution < -0.4 is 5.43 Å². The zero-order valence-electron chi connectivity index (χ0n) is 18.3. The van der Waals surface area contributed by atoms with Gasteiger partial charge in [0, 0.05) is 0 Å². The summed E-state index contributed by atoms with van der Waals surface area (Å²) in [7, 11) is 0. The summed E-state index contributed by atoms with van der Waals surface area (Å²) in [6, 6.07) is 0. The van der Waals surface area contributed by atoms with Gasteiger partial charge in [-0.25, -0.2) is 10.2 Å². The first-order valence-corrected chi connectivity index (χ1v) is 11.3. The van der Waals surface area contributed by atoms with Gasteiger partial charge in [-0.15, -0.1) is 0 Å². The van der Waals surface area contributed by atoms with Crippen molar-refractivity contribution in [2.24, 2.45) is 33.7 Å². The van der Waals surface area contributed by atoms with E-state index in [-0.39, 0.29) is 16.9 Å². The van der Waals surface area contributed by atoms with E-state index in [0.717, 1.165) is 43.7 Å². The third-order valence-electron chi connectivity index (χ3n) is 8.64. The molecule has 4 rings (SSSR count). The summed E-state index contributed by atoms with van der Waals surface area (Å²) in [5.74, 6) is 2.04. The topological polar surface area (TPSA) is 70.9 Å². The molecule has 1 amide bonds. The molecule has 0 unspecified atom stereocenters. The second-order valence-electron chi connectivity index (χ2n) is 10.00. The molecule has 6 atom stereocenters. The highest BCUT2D eigenvalue weighted by atomic mass is 16.5. The van der Waals surface area contributed by atoms with Crippen LogP contribution in [0.15, 0.2) is 28.4 Å². The molecule has 0 aromatic heterocycles. The maximum absolute atomic E-state index is 11.6. The van der Waals surface area contributed by atoms with Crippen LogP contribution in [0.25, 0.3) is 0 Å². The van der Waals surface area contributed by atoms with Gasteiger partial charge in [-0.3, -0.25) is 0 Å². The largest absolute Gasteiger partial charge is 0.449 e. The van der Waals surface area contributed by atoms with E-state index in [1.807, 2.05) is 6.92 Å². The molecule has 0 heterocycles. The van der Waals surface area contributed by atoms with E-state index >= 15 is 0 Å². The standard InChI is InChI=1S/C24H36N2O3/c1-5-29-22(28)26-25-15(2)19-8-9-20-18-7-6-16-14-17(27)10-12-23(16,3)21(18)11-13-24(19,20)4/h6,8,17-18,20-21,27H,5,7,9-14H2,1-4H3,(H,26,28)/b25-15+/t17-,18+,20+,21+,23+,24-/m1/s1. The molecule has 2 saturated carbocycles. The van der Waals surface area contributed by atoms with Crippen LogP contribution in [0.2, 0.25) is 0 Å². The van der Waals surface area contributed by atoms with Crippen LogP contribution in [0.5, 0.6) is 0 Å². The molecule has 4 aliphatic carbocycles. The van der Waals surface area contributed by atoms with Crippen molar-refractivity contribution < 1.29 is 14.6 Å². The number of carbonyl (C=O) groups is 1. The molecule has 0 aromatic rings. The maximum Gasteiger partial charge on any atom is 0.427 e. The van der Waals surface area contributed by atoms with E-state index in [2.05, 4.69) is 36.5 Å². The van der Waals surface area contributed by atoms with Crippen LogP contribution in [0.3, 0.4) is 0 Å². The van der Waals surface area contributed by atoms with Crippen molar-refractivity contribution >= 4 is 11.8 Å². The molecule has 0 bridgehead atoms. The minimum Gasteiger partial charge on any atom is -0.449 e. The Balaban J connectivity index is 1.54. The van der Waals surface area contributed by atoms with Crippen molar-refractivity contribution in [2.45, 2.75) is 78.7 Å². The molecule has 2 N–H and O–H groups in total. The Kier molecular flexibility index (Phi) is 5.39. The van der Waals surface area contributed by atoms with Gasteiger partial charge in [0.2, 0.25) is 0 Å². The summed E-state index contributed by atoms with van der Waals surface area (Å²) in [5, 5.41) is 14.5. The number of allylic oxidation sites excluding steroid dienone is 3. The normalized spacial score (nSPS) is 41.5. The maximum atomic E-state index is 11.6. The van der Waals surface area contributed by atoms with Crippen LogP contribution in [0.4, 0.5) is 4.79 Å². The average molecular weight is 401 g/mol. The minimum absolute atomic E-state index is 0.126. The molecular weight excluding hydrogens is 364 g/mol. The molecule has 2 fully saturated rings. The van der Waals surface area contributed by atoms with E-state index in [9.17, 15) is 9.90 Å². The van der Waals surface area contributed by atoms with E-state index in [0.29, 0.717) is 18.4 Å². The third kappa shape index (κ3) is 3.35. The summed E-state index contributed by atoms with van der Waals surface area (Å²) in [6.07, 6.45) is 11.8. The second-order valence-corrected chi connectivity index (χ2v) is 10.00. The van der Waals surface area contributed by atoms with Crippen LogP contribution >= 0.6 is 0 Å². The smallest absolute Gasteiger partial charge is 0.427 e. The van der Waals surface area contributed by atoms with E-state index in [1.165, 1.54) is 24.0 Å². The first-order chi connectivity index (χ1) is 13.8. The SMILES string of the molecule is CCOC(=O)N/N=C(\C)C1=CC[C@H]2[C@@H]3CC=C4C[C@H](O)CC[C@]4(C)[C@H]3CC[C@]12C. The fourth-order valence-electron chi connectivity index (χ4n) is 7.12. The lowest BCUT2D eigenvalue weighted by molar-refractivity contribution is -0.0279. The fourth-order valence-corrected chi connectivity index (χ4v) is 7.12. The quantitative estimate of drug-likeness (QED) is 0.399. The van der Waals surface area contributed by atoms with Crippen LogP contribution in [-0.4, -0.2) is 29.6 Å². The summed E-state index contributed by atoms with van der Waals surface area (Å²) in [6.45, 7) is 9.00. The number of ether oxygens (including phenoxy) is 1. The highest BCUT2D eigenvalue weighted by Crippen LogP contribution is 2.65. The van der Waals surface area contributed by atoms with E-state index < -0.39 is 6.09 Å². The number of carbonyl (C=O) groups excluding carboxylic acids is 1. The lowest BCUT2D eigenvalue weighted by atomic mass is 9.47. The van der Waals surface area contributed by atoms with Gasteiger partial charge in [0.1, 0.15) is 0 Å². The molecule has 0 aromatic carbocycles. The zero-order valence-corrected chi connectivity index (χ0v) is 18.3. The number of hydrogen-bond donors (Lipinski definition) is 2. The van der Waals surface area contributed by atoms with E-state index in [4.69, 9.17) is 4.74 Å². The van der Waals surface area contributed by atoms with Crippen LogP contribution in [-0.2, 0) is 4.74 Å². The lowest BCUT2D eigenvalue weighted by Gasteiger charge is -2.57. The first-order valence-electron chi connectivity index (χ1n) is 11.3. The van der Waals surface area contributed by atoms with Crippen molar-refractivity contribution in [2.75, 3.05) is 6.61 Å². The van der Waals surface area contributed by atoms with Crippen molar-refractivity contribution in [3.63, 3.8) is 0 Å². The molecule has 5 nitrogen and oxygen atoms in total. The van der Waals surface area contributed by atoms with Gasteiger partial charge in [0.15, 0.2) is 0 Å². The minimum atomic E-state index is -0.492. The van der Waals surface area contributed by atoms with Gasteiger partial charge >= 0.3 is 6.09 Å². The predicted octanol–water partition coefficient (Wildman–Crippen LogP) is 4.97. The van der Waals surface area contributed by atoms with Crippen LogP contribution in [0, 0.1) is 28.6 Å². The number of aliphatic hydroxyl groups is 1. The third-order valence-corrected chi connectivity index (χ3v) is 8.64. The number of hydrazone groups is 1. The molecule has 29 heavy (non-hydrogen) atoms. The summed E-state index contributed by atoms with van der Waals surface area (Å²) < 4.78 is 4.93. The zero-order chi connectivity index (χ0) is 20.8. The highest BCUT2D eigenvalue weighted by molar-refractivity contribution is 6.00. The van der Waals surface area contributed by atoms with Gasteiger partial charge in [-0.05, 0) is 93.0 Å². The molecule has 0 spiro atoms. The van der Waals surface area contributed by atoms with Crippen molar-refractivity contribution in [1.29, 1.82) is 0 Å². The monoisotopic (exact) mass is 400 g/mol. The average Bonchev–Trinajstić information content (AvgIpc) is 3.04. The van der Waals surface area contributed by atoms with Gasteiger partial charge in [0.05, 0.1) is 18.4 Å². The van der Waals surface area contributed by atoms with Gasteiger partial charge in [-0.1, -0.05) is 31.6 Å². The summed E-state index contributed by atoms with van der Waals surface area (Å²) in [5.41, 5.74) is 6.64. The number of hydrogen-bond acceptors (Lipinski definition) is 4. The number of nitrogens with zero attached hydrogens (tertiary/aromatic N) is 1. The second kappa shape index (κ2) is 7.57. The molecule has 0 saturated heterocycles. The fraction of sp³-hybridized carbons (Fsp3) is 0.750. The van der Waals surface area contributed by atoms with Gasteiger partial charge < -0.3 is 9.84 Å². The van der Waals surface area contributed by atoms with Crippen LogP contribution in [0.1, 0.15) is 72.6 Å². The Bertz CT molecular complexity index is 770. The summed E-state index contributed by atoms with van der Waals surface area (Å²) >= 11 is 0. The Labute approximate surface area is 174 Å². The van der Waals surface area contributed by atoms with E-state index in [1.54, 1.807) is 6.92 Å². The number of nitrogens with one attached hydrogen (secondary N) is 1. The Morgan fingerprint density at radius 2 is 1.97 bits per heavy atom. The number of rotatable bonds is 3. The van der Waals surface area contributed by atoms with Crippen molar-refractivity contribution in [1.82, 2.24) is 5.43 Å². The first kappa shape index (κ1) is 20.6. The highest BCUT2D eigenvalue weighted by Gasteiger charge is 2.56. The molecular formula is C24H36N2O3. The van der Waals surface area contributed by atoms with Gasteiger partial charge in [-0.2, -0.15) is 5.10 Å². The Morgan fingerprint density at radius 3 is 2.72 bits per heavy atom. The van der Waals surface area contributed by atoms with Crippen molar-refractivity contribution in [3.8, 4) is 0 Å². The number of amides is 1. The molecule has 0 aliphatic heterocycles. The molecule has 0 radical (unpaired) electrons. The van der Waals surface area contributed by atoms with Crippen molar-refractivity contribution in [3.05, 3.63) is 23.3 Å². The Morgan fingerprint density at radius 1 is 1.21 bits per heavy atom. The van der Waals surface area contributed by atoms with Gasteiger partial charge in [0.25, 0.3) is 0 Å². The lowest BCUT2D eigenvalue weighted by Crippen LogP contribution is -2.50. The number of aliphatic hydroxyl groups excluding tert-OH is 1. The summed E-state index contributed by atoms with van der Waals surface area (Å²) in [4.78, 5) is 11.6. The molecule has 5 heteroatoms.